The molecule has 3 nitrogen and oxygen atoms in total. The fourth-order valence-electron chi connectivity index (χ4n) is 1.09. The maximum Gasteiger partial charge on any atom is 0.135 e. The van der Waals surface area contributed by atoms with E-state index in [-0.39, 0.29) is 0 Å². The van der Waals surface area contributed by atoms with Crippen LogP contribution in [0, 0.1) is 12.3 Å². The normalized spacial score (nSPS) is 13.6. The summed E-state index contributed by atoms with van der Waals surface area (Å²) in [6.45, 7) is 0. The number of terminal acetylenes is 1. The van der Waals surface area contributed by atoms with Crippen LogP contribution in [0.15, 0.2) is 23.5 Å². The Labute approximate surface area is 70.4 Å². The van der Waals surface area contributed by atoms with Crippen molar-refractivity contribution in [1.29, 1.82) is 0 Å². The third-order valence-electron chi connectivity index (χ3n) is 1.66. The van der Waals surface area contributed by atoms with Crippen molar-refractivity contribution in [2.24, 2.45) is 5.10 Å². The highest BCUT2D eigenvalue weighted by Gasteiger charge is 2.06. The van der Waals surface area contributed by atoms with Crippen molar-refractivity contribution < 1.29 is 0 Å². The molecule has 0 aromatic carbocycles. The zero-order valence-electron chi connectivity index (χ0n) is 6.44. The second kappa shape index (κ2) is 2.67. The Kier molecular flexibility index (Phi) is 1.52. The van der Waals surface area contributed by atoms with Gasteiger partial charge in [-0.05, 0) is 12.0 Å². The molecule has 0 saturated heterocycles. The van der Waals surface area contributed by atoms with Gasteiger partial charge in [-0.3, -0.25) is 0 Å². The maximum absolute atomic E-state index is 5.26. The van der Waals surface area contributed by atoms with E-state index in [1.165, 1.54) is 0 Å². The van der Waals surface area contributed by atoms with Crippen LogP contribution in [0.5, 0.6) is 0 Å². The Morgan fingerprint density at radius 3 is 3.33 bits per heavy atom. The van der Waals surface area contributed by atoms with E-state index < -0.39 is 0 Å². The quantitative estimate of drug-likeness (QED) is 0.512. The van der Waals surface area contributed by atoms with Crippen molar-refractivity contribution in [1.82, 2.24) is 9.66 Å². The molecule has 0 atom stereocenters. The van der Waals surface area contributed by atoms with E-state index in [9.17, 15) is 0 Å². The zero-order valence-corrected chi connectivity index (χ0v) is 6.44. The van der Waals surface area contributed by atoms with Crippen LogP contribution in [0.25, 0.3) is 0 Å². The van der Waals surface area contributed by atoms with Crippen LogP contribution in [0.4, 0.5) is 0 Å². The molecule has 3 heteroatoms. The van der Waals surface area contributed by atoms with E-state index in [2.05, 4.69) is 16.0 Å². The van der Waals surface area contributed by atoms with E-state index in [0.717, 1.165) is 12.2 Å². The summed E-state index contributed by atoms with van der Waals surface area (Å²) in [5.41, 5.74) is 0.699. The largest absolute Gasteiger partial charge is 0.238 e. The van der Waals surface area contributed by atoms with Gasteiger partial charge in [0.15, 0.2) is 0 Å². The fourth-order valence-corrected chi connectivity index (χ4v) is 1.09. The molecule has 0 spiro atoms. The molecule has 58 valence electrons. The maximum atomic E-state index is 5.26. The number of nitrogens with zero attached hydrogens (tertiary/aromatic N) is 3. The van der Waals surface area contributed by atoms with Gasteiger partial charge in [-0.15, -0.1) is 6.42 Å². The number of allylic oxidation sites excluding steroid dienone is 2. The molecule has 1 aliphatic heterocycles. The van der Waals surface area contributed by atoms with Crippen LogP contribution in [0.2, 0.25) is 0 Å². The highest BCUT2D eigenvalue weighted by Crippen LogP contribution is 2.06. The highest BCUT2D eigenvalue weighted by atomic mass is 15.4. The van der Waals surface area contributed by atoms with E-state index in [0.29, 0.717) is 5.69 Å². The van der Waals surface area contributed by atoms with Crippen molar-refractivity contribution in [2.45, 2.75) is 6.42 Å². The monoisotopic (exact) mass is 157 g/mol. The van der Waals surface area contributed by atoms with Gasteiger partial charge in [0, 0.05) is 12.6 Å². The molecule has 0 unspecified atom stereocenters. The van der Waals surface area contributed by atoms with Crippen molar-refractivity contribution >= 4 is 6.21 Å². The first-order valence-corrected chi connectivity index (χ1v) is 3.64. The topological polar surface area (TPSA) is 30.2 Å². The van der Waals surface area contributed by atoms with E-state index in [1.54, 1.807) is 17.1 Å². The lowest BCUT2D eigenvalue weighted by atomic mass is 10.4. The van der Waals surface area contributed by atoms with Gasteiger partial charge in [-0.1, -0.05) is 6.08 Å². The van der Waals surface area contributed by atoms with Crippen LogP contribution in [-0.4, -0.2) is 15.9 Å². The van der Waals surface area contributed by atoms with Gasteiger partial charge in [0.25, 0.3) is 0 Å². The van der Waals surface area contributed by atoms with Gasteiger partial charge in [0.1, 0.15) is 11.5 Å². The lowest BCUT2D eigenvalue weighted by Crippen LogP contribution is -1.97. The molecule has 0 amide bonds. The predicted octanol–water partition coefficient (Wildman–Crippen LogP) is 0.811. The average Bonchev–Trinajstić information content (AvgIpc) is 2.33. The summed E-state index contributed by atoms with van der Waals surface area (Å²) in [7, 11) is 0. The first-order chi connectivity index (χ1) is 5.92. The lowest BCUT2D eigenvalue weighted by Gasteiger charge is -1.96. The number of hydrogen-bond acceptors (Lipinski definition) is 2. The molecule has 1 aromatic rings. The molecule has 1 aromatic heterocycles. The van der Waals surface area contributed by atoms with Crippen molar-refractivity contribution in [3.8, 4) is 12.3 Å². The Balaban J connectivity index is 2.57. The van der Waals surface area contributed by atoms with Gasteiger partial charge < -0.3 is 0 Å². The van der Waals surface area contributed by atoms with E-state index in [1.807, 2.05) is 12.2 Å². The number of rotatable bonds is 0. The Morgan fingerprint density at radius 2 is 2.50 bits per heavy atom. The fraction of sp³-hybridized carbons (Fsp3) is 0.111. The SMILES string of the molecule is C#Cc1cnc2n1N=CC=CC2. The third kappa shape index (κ3) is 0.940. The number of hydrogen-bond donors (Lipinski definition) is 0. The molecule has 0 saturated carbocycles. The molecule has 0 aliphatic carbocycles. The minimum absolute atomic E-state index is 0.699. The number of imidazole rings is 1. The summed E-state index contributed by atoms with van der Waals surface area (Å²) < 4.78 is 1.68. The molecule has 0 fully saturated rings. The summed E-state index contributed by atoms with van der Waals surface area (Å²) in [4.78, 5) is 4.14. The molecule has 1 aliphatic rings. The zero-order chi connectivity index (χ0) is 8.39. The second-order valence-electron chi connectivity index (χ2n) is 2.41. The molecular formula is C9H7N3. The van der Waals surface area contributed by atoms with Crippen LogP contribution < -0.4 is 0 Å². The van der Waals surface area contributed by atoms with Gasteiger partial charge in [-0.2, -0.15) is 5.10 Å². The minimum Gasteiger partial charge on any atom is -0.238 e. The minimum atomic E-state index is 0.699. The van der Waals surface area contributed by atoms with Crippen LogP contribution in [0.3, 0.4) is 0 Å². The smallest absolute Gasteiger partial charge is 0.135 e. The standard InChI is InChI=1S/C9H7N3/c1-2-8-7-10-9-5-3-4-6-11-12(8)9/h1,3-4,6-7H,5H2. The van der Waals surface area contributed by atoms with Crippen LogP contribution >= 0.6 is 0 Å². The summed E-state index contributed by atoms with van der Waals surface area (Å²) in [5, 5.41) is 4.12. The Morgan fingerprint density at radius 1 is 1.58 bits per heavy atom. The molecule has 12 heavy (non-hydrogen) atoms. The van der Waals surface area contributed by atoms with Gasteiger partial charge in [0.05, 0.1) is 6.20 Å². The lowest BCUT2D eigenvalue weighted by molar-refractivity contribution is 0.804. The molecule has 2 heterocycles. The molecule has 0 radical (unpaired) electrons. The summed E-state index contributed by atoms with van der Waals surface area (Å²) in [6.07, 6.45) is 13.3. The Bertz CT molecular complexity index is 390. The highest BCUT2D eigenvalue weighted by molar-refractivity contribution is 5.71. The summed E-state index contributed by atoms with van der Waals surface area (Å²) >= 11 is 0. The second-order valence-corrected chi connectivity index (χ2v) is 2.41. The van der Waals surface area contributed by atoms with Gasteiger partial charge in [-0.25, -0.2) is 9.66 Å². The Hall–Kier alpha value is -1.82. The predicted molar refractivity (Wildman–Crippen MR) is 46.9 cm³/mol. The number of fused-ring (bicyclic) bond motifs is 1. The molecular weight excluding hydrogens is 150 g/mol. The van der Waals surface area contributed by atoms with E-state index in [4.69, 9.17) is 6.42 Å². The third-order valence-corrected chi connectivity index (χ3v) is 1.66. The van der Waals surface area contributed by atoms with E-state index >= 15 is 0 Å². The van der Waals surface area contributed by atoms with Crippen molar-refractivity contribution in [3.63, 3.8) is 0 Å². The first-order valence-electron chi connectivity index (χ1n) is 3.64. The van der Waals surface area contributed by atoms with Crippen LogP contribution in [0.1, 0.15) is 11.5 Å². The summed E-state index contributed by atoms with van der Waals surface area (Å²) in [5.74, 6) is 3.40. The van der Waals surface area contributed by atoms with Crippen molar-refractivity contribution in [3.05, 3.63) is 29.9 Å². The molecule has 2 rings (SSSR count). The summed E-state index contributed by atoms with van der Waals surface area (Å²) in [6, 6.07) is 0. The van der Waals surface area contributed by atoms with Crippen LogP contribution in [-0.2, 0) is 6.42 Å². The number of aromatic nitrogens is 2. The van der Waals surface area contributed by atoms with Gasteiger partial charge in [0.2, 0.25) is 0 Å². The molecule has 0 N–H and O–H groups in total. The first kappa shape index (κ1) is 6.86. The molecule has 0 bridgehead atoms. The van der Waals surface area contributed by atoms with Crippen molar-refractivity contribution in [2.75, 3.05) is 0 Å². The van der Waals surface area contributed by atoms with Gasteiger partial charge >= 0.3 is 0 Å². The average molecular weight is 157 g/mol.